The molecule has 1 amide bonds. The second-order valence-corrected chi connectivity index (χ2v) is 6.91. The molecule has 0 unspecified atom stereocenters. The van der Waals surface area contributed by atoms with Crippen molar-refractivity contribution < 1.29 is 9.32 Å². The van der Waals surface area contributed by atoms with Crippen LogP contribution in [0.5, 0.6) is 0 Å². The van der Waals surface area contributed by atoms with E-state index in [9.17, 15) is 4.79 Å². The molecule has 0 aromatic carbocycles. The highest BCUT2D eigenvalue weighted by molar-refractivity contribution is 9.10. The highest BCUT2D eigenvalue weighted by Crippen LogP contribution is 2.32. The van der Waals surface area contributed by atoms with E-state index in [0.29, 0.717) is 11.4 Å². The van der Waals surface area contributed by atoms with E-state index in [4.69, 9.17) is 4.52 Å². The number of rotatable bonds is 4. The number of hydrogen-bond donors (Lipinski definition) is 1. The van der Waals surface area contributed by atoms with Gasteiger partial charge in [0.15, 0.2) is 5.82 Å². The number of nitrogens with zero attached hydrogens (tertiary/aromatic N) is 1. The van der Waals surface area contributed by atoms with E-state index in [2.05, 4.69) is 33.3 Å². The number of amides is 1. The zero-order chi connectivity index (χ0) is 14.9. The van der Waals surface area contributed by atoms with Crippen LogP contribution in [0.15, 0.2) is 9.00 Å². The minimum Gasteiger partial charge on any atom is -0.359 e. The van der Waals surface area contributed by atoms with E-state index in [1.807, 2.05) is 20.8 Å². The van der Waals surface area contributed by atoms with Gasteiger partial charge in [-0.3, -0.25) is 4.79 Å². The topological polar surface area (TPSA) is 55.1 Å². The van der Waals surface area contributed by atoms with Crippen molar-refractivity contribution in [2.24, 2.45) is 0 Å². The van der Waals surface area contributed by atoms with Gasteiger partial charge in [0.25, 0.3) is 5.91 Å². The van der Waals surface area contributed by atoms with Gasteiger partial charge in [-0.1, -0.05) is 12.1 Å². The fourth-order valence-corrected chi connectivity index (χ4v) is 3.83. The number of carbonyl (C=O) groups is 1. The number of hydrogen-bond acceptors (Lipinski definition) is 4. The molecule has 0 fully saturated rings. The molecule has 2 rings (SSSR count). The molecule has 0 aliphatic carbocycles. The largest absolute Gasteiger partial charge is 0.359 e. The van der Waals surface area contributed by atoms with Gasteiger partial charge in [0.1, 0.15) is 5.76 Å². The number of aryl methyl sites for hydroxylation is 3. The van der Waals surface area contributed by atoms with E-state index >= 15 is 0 Å². The van der Waals surface area contributed by atoms with Crippen LogP contribution in [0.1, 0.15) is 44.8 Å². The van der Waals surface area contributed by atoms with Crippen molar-refractivity contribution in [1.82, 2.24) is 5.16 Å². The van der Waals surface area contributed by atoms with Crippen LogP contribution in [-0.2, 0) is 6.42 Å². The molecule has 2 aromatic heterocycles. The predicted octanol–water partition coefficient (Wildman–Crippen LogP) is 4.63. The Labute approximate surface area is 130 Å². The summed E-state index contributed by atoms with van der Waals surface area (Å²) in [4.78, 5) is 14.5. The van der Waals surface area contributed by atoms with Gasteiger partial charge in [-0.2, -0.15) is 0 Å². The quantitative estimate of drug-likeness (QED) is 0.868. The van der Waals surface area contributed by atoms with Gasteiger partial charge in [-0.05, 0) is 43.1 Å². The SMILES string of the molecule is CCCc1onc(NC(=O)c2c(C)sc(C)c2Br)c1C. The van der Waals surface area contributed by atoms with Gasteiger partial charge < -0.3 is 9.84 Å². The van der Waals surface area contributed by atoms with Crippen LogP contribution < -0.4 is 5.32 Å². The monoisotopic (exact) mass is 356 g/mol. The Morgan fingerprint density at radius 1 is 1.35 bits per heavy atom. The molecule has 0 radical (unpaired) electrons. The molecule has 6 heteroatoms. The Morgan fingerprint density at radius 3 is 2.60 bits per heavy atom. The zero-order valence-electron chi connectivity index (χ0n) is 12.0. The van der Waals surface area contributed by atoms with Crippen molar-refractivity contribution in [3.05, 3.63) is 31.1 Å². The number of halogens is 1. The van der Waals surface area contributed by atoms with Gasteiger partial charge >= 0.3 is 0 Å². The summed E-state index contributed by atoms with van der Waals surface area (Å²) in [5.74, 6) is 1.19. The summed E-state index contributed by atoms with van der Waals surface area (Å²) in [6.07, 6.45) is 1.81. The van der Waals surface area contributed by atoms with Crippen molar-refractivity contribution in [1.29, 1.82) is 0 Å². The lowest BCUT2D eigenvalue weighted by Gasteiger charge is -2.03. The van der Waals surface area contributed by atoms with Gasteiger partial charge in [0, 0.05) is 26.2 Å². The standard InChI is InChI=1S/C14H17BrN2O2S/c1-5-6-10-7(2)13(17-19-10)16-14(18)11-8(3)20-9(4)12(11)15/h5-6H2,1-4H3,(H,16,17,18). The first kappa shape index (κ1) is 15.3. The summed E-state index contributed by atoms with van der Waals surface area (Å²) < 4.78 is 6.12. The van der Waals surface area contributed by atoms with Gasteiger partial charge in [-0.25, -0.2) is 0 Å². The fourth-order valence-electron chi connectivity index (χ4n) is 2.03. The lowest BCUT2D eigenvalue weighted by molar-refractivity contribution is 0.102. The van der Waals surface area contributed by atoms with Crippen molar-refractivity contribution in [2.45, 2.75) is 40.5 Å². The third-order valence-corrected chi connectivity index (χ3v) is 5.42. The van der Waals surface area contributed by atoms with E-state index < -0.39 is 0 Å². The summed E-state index contributed by atoms with van der Waals surface area (Å²) in [7, 11) is 0. The molecule has 0 aliphatic heterocycles. The second-order valence-electron chi connectivity index (χ2n) is 4.69. The van der Waals surface area contributed by atoms with Crippen molar-refractivity contribution in [3.8, 4) is 0 Å². The highest BCUT2D eigenvalue weighted by Gasteiger charge is 2.20. The van der Waals surface area contributed by atoms with E-state index in [-0.39, 0.29) is 5.91 Å². The van der Waals surface area contributed by atoms with Crippen molar-refractivity contribution in [3.63, 3.8) is 0 Å². The Balaban J connectivity index is 2.24. The molecule has 0 spiro atoms. The van der Waals surface area contributed by atoms with Crippen LogP contribution in [0, 0.1) is 20.8 Å². The minimum absolute atomic E-state index is 0.154. The van der Waals surface area contributed by atoms with Gasteiger partial charge in [0.05, 0.1) is 5.56 Å². The van der Waals surface area contributed by atoms with Crippen LogP contribution >= 0.6 is 27.3 Å². The number of thiophene rings is 1. The van der Waals surface area contributed by atoms with E-state index in [1.54, 1.807) is 11.3 Å². The molecule has 0 saturated heterocycles. The maximum atomic E-state index is 12.4. The molecular weight excluding hydrogens is 340 g/mol. The summed E-state index contributed by atoms with van der Waals surface area (Å²) in [6.45, 7) is 7.92. The van der Waals surface area contributed by atoms with E-state index in [0.717, 1.165) is 38.4 Å². The molecule has 2 heterocycles. The minimum atomic E-state index is -0.154. The molecule has 0 bridgehead atoms. The Bertz CT molecular complexity index is 646. The molecule has 108 valence electrons. The lowest BCUT2D eigenvalue weighted by atomic mass is 10.2. The predicted molar refractivity (Wildman–Crippen MR) is 84.7 cm³/mol. The average molecular weight is 357 g/mol. The first-order chi connectivity index (χ1) is 9.45. The summed E-state index contributed by atoms with van der Waals surface area (Å²) >= 11 is 5.07. The molecule has 0 saturated carbocycles. The molecular formula is C14H17BrN2O2S. The fraction of sp³-hybridized carbons (Fsp3) is 0.429. The Kier molecular flexibility index (Phi) is 4.65. The molecule has 20 heavy (non-hydrogen) atoms. The van der Waals surface area contributed by atoms with Crippen molar-refractivity contribution >= 4 is 39.0 Å². The second kappa shape index (κ2) is 6.10. The molecule has 0 atom stereocenters. The first-order valence-corrected chi connectivity index (χ1v) is 8.08. The molecule has 2 aromatic rings. The van der Waals surface area contributed by atoms with Crippen molar-refractivity contribution in [2.75, 3.05) is 5.32 Å². The summed E-state index contributed by atoms with van der Waals surface area (Å²) in [5.41, 5.74) is 1.58. The van der Waals surface area contributed by atoms with Gasteiger partial charge in [-0.15, -0.1) is 11.3 Å². The maximum absolute atomic E-state index is 12.4. The van der Waals surface area contributed by atoms with Crippen LogP contribution in [0.3, 0.4) is 0 Å². The van der Waals surface area contributed by atoms with E-state index in [1.165, 1.54) is 0 Å². The molecule has 0 aliphatic rings. The number of carbonyl (C=O) groups excluding carboxylic acids is 1. The normalized spacial score (nSPS) is 10.8. The van der Waals surface area contributed by atoms with Gasteiger partial charge in [0.2, 0.25) is 0 Å². The first-order valence-electron chi connectivity index (χ1n) is 6.47. The average Bonchev–Trinajstić information content (AvgIpc) is 2.84. The highest BCUT2D eigenvalue weighted by atomic mass is 79.9. The third-order valence-electron chi connectivity index (χ3n) is 3.14. The zero-order valence-corrected chi connectivity index (χ0v) is 14.4. The van der Waals surface area contributed by atoms with Crippen LogP contribution in [0.25, 0.3) is 0 Å². The Morgan fingerprint density at radius 2 is 2.05 bits per heavy atom. The Hall–Kier alpha value is -1.14. The number of nitrogens with one attached hydrogen (secondary N) is 1. The number of anilines is 1. The van der Waals surface area contributed by atoms with Crippen LogP contribution in [-0.4, -0.2) is 11.1 Å². The lowest BCUT2D eigenvalue weighted by Crippen LogP contribution is -2.13. The summed E-state index contributed by atoms with van der Waals surface area (Å²) in [6, 6.07) is 0. The third kappa shape index (κ3) is 2.81. The van der Waals surface area contributed by atoms with Crippen LogP contribution in [0.2, 0.25) is 0 Å². The smallest absolute Gasteiger partial charge is 0.259 e. The molecule has 1 N–H and O–H groups in total. The van der Waals surface area contributed by atoms with Crippen LogP contribution in [0.4, 0.5) is 5.82 Å². The summed E-state index contributed by atoms with van der Waals surface area (Å²) in [5, 5.41) is 6.78. The molecule has 4 nitrogen and oxygen atoms in total. The maximum Gasteiger partial charge on any atom is 0.259 e. The number of aromatic nitrogens is 1.